The molecule has 106 valence electrons. The summed E-state index contributed by atoms with van der Waals surface area (Å²) in [5.41, 5.74) is 1.54. The molecule has 0 fully saturated rings. The summed E-state index contributed by atoms with van der Waals surface area (Å²) in [4.78, 5) is 0. The Hall–Kier alpha value is -1.44. The van der Waals surface area contributed by atoms with Crippen LogP contribution in [0.2, 0.25) is 0 Å². The third-order valence-electron chi connectivity index (χ3n) is 3.05. The van der Waals surface area contributed by atoms with Crippen molar-refractivity contribution in [2.45, 2.75) is 52.4 Å². The Morgan fingerprint density at radius 1 is 1.11 bits per heavy atom. The molecule has 0 aliphatic rings. The highest BCUT2D eigenvalue weighted by molar-refractivity contribution is 5.54. The third-order valence-corrected chi connectivity index (χ3v) is 3.05. The average Bonchev–Trinajstić information content (AvgIpc) is 2.22. The zero-order valence-electron chi connectivity index (χ0n) is 13.0. The minimum Gasteiger partial charge on any atom is -0.507 e. The molecule has 0 amide bonds. The number of phenolic OH excluding ortho intramolecular Hbond substituents is 1. The van der Waals surface area contributed by atoms with Crippen molar-refractivity contribution in [1.29, 1.82) is 0 Å². The fourth-order valence-electron chi connectivity index (χ4n) is 2.17. The summed E-state index contributed by atoms with van der Waals surface area (Å²) in [6.07, 6.45) is 1.71. The molecule has 0 radical (unpaired) electrons. The lowest BCUT2D eigenvalue weighted by Crippen LogP contribution is -2.18. The van der Waals surface area contributed by atoms with E-state index in [1.54, 1.807) is 6.08 Å². The molecule has 2 nitrogen and oxygen atoms in total. The molecule has 0 aliphatic carbocycles. The molecule has 0 aromatic heterocycles. The van der Waals surface area contributed by atoms with Crippen LogP contribution in [0.5, 0.6) is 11.5 Å². The van der Waals surface area contributed by atoms with Crippen LogP contribution in [0.1, 0.15) is 52.7 Å². The number of hydrogen-bond donors (Lipinski definition) is 1. The summed E-state index contributed by atoms with van der Waals surface area (Å²) in [5, 5.41) is 10.6. The molecule has 1 N–H and O–H groups in total. The molecule has 0 saturated heterocycles. The van der Waals surface area contributed by atoms with Crippen molar-refractivity contribution in [1.82, 2.24) is 0 Å². The Balaban J connectivity index is 3.45. The predicted octanol–water partition coefficient (Wildman–Crippen LogP) is 4.55. The lowest BCUT2D eigenvalue weighted by molar-refractivity contribution is 0.340. The van der Waals surface area contributed by atoms with E-state index in [2.05, 4.69) is 48.1 Å². The molecule has 1 aromatic carbocycles. The van der Waals surface area contributed by atoms with Crippen molar-refractivity contribution in [3.63, 3.8) is 0 Å². The van der Waals surface area contributed by atoms with E-state index in [-0.39, 0.29) is 10.8 Å². The highest BCUT2D eigenvalue weighted by Gasteiger charge is 2.28. The largest absolute Gasteiger partial charge is 0.507 e. The lowest BCUT2D eigenvalue weighted by atomic mass is 9.79. The summed E-state index contributed by atoms with van der Waals surface area (Å²) >= 11 is 0. The van der Waals surface area contributed by atoms with Crippen LogP contribution in [-0.4, -0.2) is 11.7 Å². The molecular formula is C17H26O2. The Labute approximate surface area is 117 Å². The zero-order chi connectivity index (χ0) is 14.8. The first-order valence-corrected chi connectivity index (χ1v) is 6.69. The summed E-state index contributed by atoms with van der Waals surface area (Å²) in [6.45, 7) is 16.6. The van der Waals surface area contributed by atoms with Gasteiger partial charge in [-0.2, -0.15) is 0 Å². The topological polar surface area (TPSA) is 29.5 Å². The van der Waals surface area contributed by atoms with Crippen LogP contribution < -0.4 is 4.74 Å². The quantitative estimate of drug-likeness (QED) is 0.810. The van der Waals surface area contributed by atoms with Gasteiger partial charge in [-0.15, -0.1) is 0 Å². The second-order valence-corrected chi connectivity index (χ2v) is 6.93. The Kier molecular flexibility index (Phi) is 4.34. The number of phenols is 1. The maximum atomic E-state index is 10.6. The summed E-state index contributed by atoms with van der Waals surface area (Å²) < 4.78 is 5.68. The van der Waals surface area contributed by atoms with E-state index in [0.29, 0.717) is 12.4 Å². The molecule has 0 bridgehead atoms. The second kappa shape index (κ2) is 5.28. The minimum absolute atomic E-state index is 0.0962. The van der Waals surface area contributed by atoms with Crippen LogP contribution in [-0.2, 0) is 10.8 Å². The molecule has 19 heavy (non-hydrogen) atoms. The first kappa shape index (κ1) is 15.6. The van der Waals surface area contributed by atoms with Gasteiger partial charge in [0.05, 0.1) is 0 Å². The summed E-state index contributed by atoms with van der Waals surface area (Å²) in [5.74, 6) is 1.08. The summed E-state index contributed by atoms with van der Waals surface area (Å²) in [6, 6.07) is 3.90. The van der Waals surface area contributed by atoms with E-state index >= 15 is 0 Å². The number of benzene rings is 1. The van der Waals surface area contributed by atoms with Crippen molar-refractivity contribution < 1.29 is 9.84 Å². The molecule has 0 saturated carbocycles. The zero-order valence-corrected chi connectivity index (χ0v) is 13.0. The number of aromatic hydroxyl groups is 1. The number of hydrogen-bond acceptors (Lipinski definition) is 2. The van der Waals surface area contributed by atoms with Gasteiger partial charge in [0.2, 0.25) is 0 Å². The Bertz CT molecular complexity index is 459. The van der Waals surface area contributed by atoms with Crippen LogP contribution in [0.15, 0.2) is 24.8 Å². The monoisotopic (exact) mass is 262 g/mol. The average molecular weight is 262 g/mol. The van der Waals surface area contributed by atoms with Crippen molar-refractivity contribution in [2.75, 3.05) is 6.61 Å². The molecule has 1 rings (SSSR count). The molecule has 0 aliphatic heterocycles. The molecule has 0 heterocycles. The molecule has 0 atom stereocenters. The van der Waals surface area contributed by atoms with Gasteiger partial charge < -0.3 is 9.84 Å². The first-order chi connectivity index (χ1) is 8.59. The van der Waals surface area contributed by atoms with E-state index in [9.17, 15) is 5.11 Å². The predicted molar refractivity (Wildman–Crippen MR) is 81.2 cm³/mol. The van der Waals surface area contributed by atoms with Gasteiger partial charge in [-0.25, -0.2) is 0 Å². The van der Waals surface area contributed by atoms with Crippen LogP contribution >= 0.6 is 0 Å². The minimum atomic E-state index is -0.179. The van der Waals surface area contributed by atoms with E-state index in [4.69, 9.17) is 4.74 Å². The maximum absolute atomic E-state index is 10.6. The van der Waals surface area contributed by atoms with Gasteiger partial charge in [0.15, 0.2) is 0 Å². The SMILES string of the molecule is C=CCOc1ccc(C(C)(C)C)c(O)c1C(C)(C)C. The fraction of sp³-hybridized carbons (Fsp3) is 0.529. The third kappa shape index (κ3) is 3.52. The van der Waals surface area contributed by atoms with Gasteiger partial charge in [-0.1, -0.05) is 60.3 Å². The van der Waals surface area contributed by atoms with E-state index in [1.165, 1.54) is 0 Å². The number of ether oxygens (including phenoxy) is 1. The van der Waals surface area contributed by atoms with Crippen molar-refractivity contribution in [2.24, 2.45) is 0 Å². The highest BCUT2D eigenvalue weighted by atomic mass is 16.5. The molecule has 2 heteroatoms. The highest BCUT2D eigenvalue weighted by Crippen LogP contribution is 2.43. The molecule has 0 unspecified atom stereocenters. The normalized spacial score (nSPS) is 12.3. The second-order valence-electron chi connectivity index (χ2n) is 6.93. The number of rotatable bonds is 3. The van der Waals surface area contributed by atoms with Gasteiger partial charge >= 0.3 is 0 Å². The molecule has 0 spiro atoms. The van der Waals surface area contributed by atoms with E-state index in [1.807, 2.05) is 12.1 Å². The van der Waals surface area contributed by atoms with Gasteiger partial charge in [0, 0.05) is 5.56 Å². The van der Waals surface area contributed by atoms with Crippen LogP contribution in [0, 0.1) is 0 Å². The molecule has 1 aromatic rings. The Morgan fingerprint density at radius 3 is 2.11 bits per heavy atom. The van der Waals surface area contributed by atoms with Crippen molar-refractivity contribution in [3.05, 3.63) is 35.9 Å². The van der Waals surface area contributed by atoms with Gasteiger partial charge in [-0.05, 0) is 22.5 Å². The lowest BCUT2D eigenvalue weighted by Gasteiger charge is -2.29. The summed E-state index contributed by atoms with van der Waals surface area (Å²) in [7, 11) is 0. The van der Waals surface area contributed by atoms with Crippen LogP contribution in [0.3, 0.4) is 0 Å². The van der Waals surface area contributed by atoms with E-state index in [0.717, 1.165) is 16.9 Å². The van der Waals surface area contributed by atoms with Crippen molar-refractivity contribution >= 4 is 0 Å². The van der Waals surface area contributed by atoms with Gasteiger partial charge in [0.25, 0.3) is 0 Å². The molecular weight excluding hydrogens is 236 g/mol. The standard InChI is InChI=1S/C17H26O2/c1-8-11-19-13-10-9-12(16(2,3)4)15(18)14(13)17(5,6)7/h8-10,18H,1,11H2,2-7H3. The first-order valence-electron chi connectivity index (χ1n) is 6.69. The van der Waals surface area contributed by atoms with Crippen LogP contribution in [0.25, 0.3) is 0 Å². The fourth-order valence-corrected chi connectivity index (χ4v) is 2.17. The van der Waals surface area contributed by atoms with Crippen molar-refractivity contribution in [3.8, 4) is 11.5 Å². The maximum Gasteiger partial charge on any atom is 0.127 e. The van der Waals surface area contributed by atoms with Gasteiger partial charge in [0.1, 0.15) is 18.1 Å². The van der Waals surface area contributed by atoms with E-state index < -0.39 is 0 Å². The smallest absolute Gasteiger partial charge is 0.127 e. The van der Waals surface area contributed by atoms with Gasteiger partial charge in [-0.3, -0.25) is 0 Å². The van der Waals surface area contributed by atoms with Crippen LogP contribution in [0.4, 0.5) is 0 Å². The Morgan fingerprint density at radius 2 is 1.68 bits per heavy atom.